The summed E-state index contributed by atoms with van der Waals surface area (Å²) in [7, 11) is 1.19. The molecule has 0 heterocycles. The first-order valence-corrected chi connectivity index (χ1v) is 10.6. The number of amides is 4. The van der Waals surface area contributed by atoms with Gasteiger partial charge in [-0.15, -0.1) is 0 Å². The number of rotatable bonds is 12. The van der Waals surface area contributed by atoms with Crippen LogP contribution in [0, 0.1) is 5.92 Å². The molecule has 3 atom stereocenters. The van der Waals surface area contributed by atoms with Crippen LogP contribution in [0.1, 0.15) is 26.3 Å². The van der Waals surface area contributed by atoms with Crippen LogP contribution in [0.5, 0.6) is 0 Å². The van der Waals surface area contributed by atoms with Crippen molar-refractivity contribution in [1.29, 1.82) is 0 Å². The monoisotopic (exact) mass is 463 g/mol. The SMILES string of the molecule is COC(=O)CNC(=O)CNC(=O)[C@H](Cc1ccccc1)NC(=O)[C@H](C)NC(=O)[C@@H](N)C(C)C. The molecule has 1 aromatic carbocycles. The van der Waals surface area contributed by atoms with E-state index in [4.69, 9.17) is 5.73 Å². The second-order valence-corrected chi connectivity index (χ2v) is 7.82. The third-order valence-electron chi connectivity index (χ3n) is 4.77. The number of carbonyl (C=O) groups is 5. The third-order valence-corrected chi connectivity index (χ3v) is 4.77. The Morgan fingerprint density at radius 1 is 0.879 bits per heavy atom. The van der Waals surface area contributed by atoms with E-state index in [1.165, 1.54) is 14.0 Å². The lowest BCUT2D eigenvalue weighted by molar-refractivity contribution is -0.141. The van der Waals surface area contributed by atoms with E-state index in [1.807, 2.05) is 6.07 Å². The van der Waals surface area contributed by atoms with E-state index in [9.17, 15) is 24.0 Å². The molecule has 0 saturated heterocycles. The third kappa shape index (κ3) is 10.1. The molecule has 11 nitrogen and oxygen atoms in total. The van der Waals surface area contributed by atoms with Crippen LogP contribution in [0.4, 0.5) is 0 Å². The summed E-state index contributed by atoms with van der Waals surface area (Å²) in [4.78, 5) is 60.4. The van der Waals surface area contributed by atoms with Crippen molar-refractivity contribution in [2.75, 3.05) is 20.2 Å². The van der Waals surface area contributed by atoms with E-state index in [2.05, 4.69) is 26.0 Å². The minimum atomic E-state index is -1.01. The molecule has 1 rings (SSSR count). The maximum atomic E-state index is 12.7. The van der Waals surface area contributed by atoms with E-state index in [1.54, 1.807) is 38.1 Å². The summed E-state index contributed by atoms with van der Waals surface area (Å²) in [5.74, 6) is -2.98. The van der Waals surface area contributed by atoms with E-state index in [0.29, 0.717) is 0 Å². The predicted molar refractivity (Wildman–Crippen MR) is 121 cm³/mol. The molecule has 0 aliphatic carbocycles. The Bertz CT molecular complexity index is 830. The topological polar surface area (TPSA) is 169 Å². The van der Waals surface area contributed by atoms with Crippen molar-refractivity contribution in [2.45, 2.75) is 45.3 Å². The molecular formula is C22H33N5O6. The summed E-state index contributed by atoms with van der Waals surface area (Å²) in [5, 5.41) is 9.89. The fourth-order valence-electron chi connectivity index (χ4n) is 2.63. The van der Waals surface area contributed by atoms with Crippen LogP contribution < -0.4 is 27.0 Å². The zero-order chi connectivity index (χ0) is 25.0. The van der Waals surface area contributed by atoms with Crippen LogP contribution >= 0.6 is 0 Å². The first-order chi connectivity index (χ1) is 15.5. The standard InChI is InChI=1S/C22H33N5O6/c1-13(2)19(23)22(32)26-14(3)20(30)27-16(10-15-8-6-5-7-9-15)21(31)25-11-17(28)24-12-18(29)33-4/h5-9,13-14,16,19H,10-12,23H2,1-4H3,(H,24,28)(H,25,31)(H,26,32)(H,27,30)/t14-,16-,19-/m0/s1. The highest BCUT2D eigenvalue weighted by molar-refractivity contribution is 5.94. The van der Waals surface area contributed by atoms with Gasteiger partial charge in [0.1, 0.15) is 18.6 Å². The van der Waals surface area contributed by atoms with Gasteiger partial charge in [0.15, 0.2) is 0 Å². The molecule has 33 heavy (non-hydrogen) atoms. The highest BCUT2D eigenvalue weighted by atomic mass is 16.5. The second kappa shape index (κ2) is 13.8. The summed E-state index contributed by atoms with van der Waals surface area (Å²) in [5.41, 5.74) is 6.59. The molecule has 11 heteroatoms. The van der Waals surface area contributed by atoms with Crippen LogP contribution in [-0.4, -0.2) is 67.9 Å². The molecule has 0 aliphatic heterocycles. The second-order valence-electron chi connectivity index (χ2n) is 7.82. The minimum absolute atomic E-state index is 0.109. The van der Waals surface area contributed by atoms with Crippen LogP contribution in [0.15, 0.2) is 30.3 Å². The summed E-state index contributed by atoms with van der Waals surface area (Å²) in [6, 6.07) is 6.28. The van der Waals surface area contributed by atoms with Gasteiger partial charge < -0.3 is 31.7 Å². The van der Waals surface area contributed by atoms with E-state index < -0.39 is 54.3 Å². The van der Waals surface area contributed by atoms with E-state index >= 15 is 0 Å². The van der Waals surface area contributed by atoms with Crippen molar-refractivity contribution >= 4 is 29.6 Å². The molecule has 0 bridgehead atoms. The lowest BCUT2D eigenvalue weighted by Gasteiger charge is -2.23. The molecule has 0 aromatic heterocycles. The summed E-state index contributed by atoms with van der Waals surface area (Å²) < 4.78 is 4.43. The average molecular weight is 464 g/mol. The van der Waals surface area contributed by atoms with Crippen LogP contribution in [0.3, 0.4) is 0 Å². The molecule has 1 aromatic rings. The van der Waals surface area contributed by atoms with Gasteiger partial charge in [0.25, 0.3) is 0 Å². The van der Waals surface area contributed by atoms with Crippen molar-refractivity contribution in [3.05, 3.63) is 35.9 Å². The Labute approximate surface area is 193 Å². The van der Waals surface area contributed by atoms with E-state index in [-0.39, 0.29) is 18.9 Å². The first-order valence-electron chi connectivity index (χ1n) is 10.6. The quantitative estimate of drug-likeness (QED) is 0.238. The number of nitrogens with two attached hydrogens (primary N) is 1. The molecule has 0 saturated carbocycles. The summed E-state index contributed by atoms with van der Waals surface area (Å²) in [6.07, 6.45) is 0.161. The normalized spacial score (nSPS) is 13.3. The van der Waals surface area contributed by atoms with Crippen molar-refractivity contribution in [3.8, 4) is 0 Å². The number of hydrogen-bond acceptors (Lipinski definition) is 7. The number of ether oxygens (including phenoxy) is 1. The first kappa shape index (κ1) is 27.6. The van der Waals surface area contributed by atoms with Crippen molar-refractivity contribution in [3.63, 3.8) is 0 Å². The lowest BCUT2D eigenvalue weighted by Crippen LogP contribution is -2.56. The Balaban J connectivity index is 2.78. The largest absolute Gasteiger partial charge is 0.468 e. The number of nitrogens with one attached hydrogen (secondary N) is 4. The Morgan fingerprint density at radius 2 is 1.52 bits per heavy atom. The molecule has 0 aliphatic rings. The van der Waals surface area contributed by atoms with Crippen LogP contribution in [-0.2, 0) is 35.1 Å². The van der Waals surface area contributed by atoms with Gasteiger partial charge in [0.2, 0.25) is 23.6 Å². The fourth-order valence-corrected chi connectivity index (χ4v) is 2.63. The van der Waals surface area contributed by atoms with Gasteiger partial charge in [-0.3, -0.25) is 24.0 Å². The number of hydrogen-bond donors (Lipinski definition) is 5. The number of methoxy groups -OCH3 is 1. The smallest absolute Gasteiger partial charge is 0.325 e. The lowest BCUT2D eigenvalue weighted by atomic mass is 10.0. The molecular weight excluding hydrogens is 430 g/mol. The number of carbonyl (C=O) groups excluding carboxylic acids is 5. The Morgan fingerprint density at radius 3 is 2.09 bits per heavy atom. The Kier molecular flexibility index (Phi) is 11.6. The van der Waals surface area contributed by atoms with Gasteiger partial charge in [-0.1, -0.05) is 44.2 Å². The van der Waals surface area contributed by atoms with Crippen molar-refractivity contribution in [2.24, 2.45) is 11.7 Å². The van der Waals surface area contributed by atoms with Crippen LogP contribution in [0.2, 0.25) is 0 Å². The van der Waals surface area contributed by atoms with Gasteiger partial charge in [0, 0.05) is 6.42 Å². The van der Waals surface area contributed by atoms with Gasteiger partial charge in [-0.05, 0) is 18.4 Å². The molecule has 6 N–H and O–H groups in total. The highest BCUT2D eigenvalue weighted by Crippen LogP contribution is 2.04. The number of esters is 1. The van der Waals surface area contributed by atoms with Gasteiger partial charge >= 0.3 is 5.97 Å². The van der Waals surface area contributed by atoms with Gasteiger partial charge in [0.05, 0.1) is 19.7 Å². The fraction of sp³-hybridized carbons (Fsp3) is 0.500. The minimum Gasteiger partial charge on any atom is -0.468 e. The Hall–Kier alpha value is -3.47. The maximum Gasteiger partial charge on any atom is 0.325 e. The van der Waals surface area contributed by atoms with Crippen molar-refractivity contribution in [1.82, 2.24) is 21.3 Å². The number of benzene rings is 1. The summed E-state index contributed by atoms with van der Waals surface area (Å²) >= 11 is 0. The molecule has 0 radical (unpaired) electrons. The van der Waals surface area contributed by atoms with Crippen molar-refractivity contribution < 1.29 is 28.7 Å². The zero-order valence-corrected chi connectivity index (χ0v) is 19.3. The molecule has 182 valence electrons. The molecule has 4 amide bonds. The average Bonchev–Trinajstić information content (AvgIpc) is 2.80. The molecule has 0 spiro atoms. The molecule has 0 unspecified atom stereocenters. The highest BCUT2D eigenvalue weighted by Gasteiger charge is 2.26. The zero-order valence-electron chi connectivity index (χ0n) is 19.3. The maximum absolute atomic E-state index is 12.7. The molecule has 0 fully saturated rings. The predicted octanol–water partition coefficient (Wildman–Crippen LogP) is -1.39. The van der Waals surface area contributed by atoms with Crippen LogP contribution in [0.25, 0.3) is 0 Å². The van der Waals surface area contributed by atoms with Gasteiger partial charge in [-0.25, -0.2) is 0 Å². The van der Waals surface area contributed by atoms with Gasteiger partial charge in [-0.2, -0.15) is 0 Å². The summed E-state index contributed by atoms with van der Waals surface area (Å²) in [6.45, 7) is 4.34. The van der Waals surface area contributed by atoms with E-state index in [0.717, 1.165) is 5.56 Å².